The molecule has 21 nitrogen and oxygen atoms in total. The van der Waals surface area contributed by atoms with Crippen LogP contribution >= 0.6 is 0 Å². The van der Waals surface area contributed by atoms with Gasteiger partial charge in [-0.15, -0.1) is 20.5 Å². The Labute approximate surface area is 394 Å². The van der Waals surface area contributed by atoms with Gasteiger partial charge in [-0.3, -0.25) is 13.7 Å². The zero-order valence-corrected chi connectivity index (χ0v) is 39.3. The monoisotopic (exact) mass is 993 g/mol. The summed E-state index contributed by atoms with van der Waals surface area (Å²) in [6.45, 7) is 5.44. The van der Waals surface area contributed by atoms with E-state index in [0.717, 1.165) is 23.4 Å². The summed E-state index contributed by atoms with van der Waals surface area (Å²) < 4.78 is 112. The van der Waals surface area contributed by atoms with Gasteiger partial charge in [0.1, 0.15) is 44.0 Å². The molecular formula is C45H39N9O12S3. The van der Waals surface area contributed by atoms with Crippen molar-refractivity contribution in [2.75, 3.05) is 19.5 Å². The van der Waals surface area contributed by atoms with Gasteiger partial charge < -0.3 is 19.9 Å². The molecule has 0 aliphatic carbocycles. The first-order valence-electron chi connectivity index (χ1n) is 20.0. The van der Waals surface area contributed by atoms with Gasteiger partial charge in [0.25, 0.3) is 30.4 Å². The average Bonchev–Trinajstić information content (AvgIpc) is 3.29. The van der Waals surface area contributed by atoms with E-state index in [2.05, 4.69) is 46.2 Å². The number of anilines is 2. The van der Waals surface area contributed by atoms with Gasteiger partial charge in [-0.1, -0.05) is 17.7 Å². The summed E-state index contributed by atoms with van der Waals surface area (Å²) in [5.74, 6) is -0.223. The zero-order chi connectivity index (χ0) is 49.8. The number of fused-ring (bicyclic) bond motifs is 1. The summed E-state index contributed by atoms with van der Waals surface area (Å²) in [6.07, 6.45) is 0. The summed E-state index contributed by atoms with van der Waals surface area (Å²) in [5, 5.41) is 48.5. The van der Waals surface area contributed by atoms with Crippen LogP contribution in [0, 0.1) is 20.8 Å². The van der Waals surface area contributed by atoms with Crippen LogP contribution in [0.15, 0.2) is 171 Å². The van der Waals surface area contributed by atoms with E-state index >= 15 is 0 Å². The Kier molecular flexibility index (Phi) is 14.1. The molecular weight excluding hydrogens is 955 g/mol. The van der Waals surface area contributed by atoms with Crippen LogP contribution in [0.25, 0.3) is 10.8 Å². The minimum absolute atomic E-state index is 0.0621. The van der Waals surface area contributed by atoms with Crippen LogP contribution in [-0.2, 0) is 30.4 Å². The van der Waals surface area contributed by atoms with Gasteiger partial charge in [0.05, 0.1) is 41.9 Å². The average molecular weight is 994 g/mol. The van der Waals surface area contributed by atoms with Crippen molar-refractivity contribution in [2.24, 2.45) is 40.9 Å². The molecule has 0 aliphatic rings. The second-order valence-corrected chi connectivity index (χ2v) is 19.2. The number of aryl methyl sites for hydroxylation is 3. The number of benzene rings is 7. The van der Waals surface area contributed by atoms with E-state index in [9.17, 15) is 44.0 Å². The third kappa shape index (κ3) is 11.6. The minimum atomic E-state index is -4.94. The van der Waals surface area contributed by atoms with Crippen molar-refractivity contribution >= 4 is 98.0 Å². The van der Waals surface area contributed by atoms with E-state index in [1.807, 2.05) is 31.2 Å². The van der Waals surface area contributed by atoms with Crippen LogP contribution in [0.5, 0.6) is 17.2 Å². The second-order valence-electron chi connectivity index (χ2n) is 15.0. The number of phenolic OH excluding ortho intramolecular Hbond substituents is 1. The van der Waals surface area contributed by atoms with Gasteiger partial charge in [-0.2, -0.15) is 45.7 Å². The maximum absolute atomic E-state index is 12.6. The number of methoxy groups -OCH3 is 2. The lowest BCUT2D eigenvalue weighted by Gasteiger charge is -2.12. The van der Waals surface area contributed by atoms with Gasteiger partial charge in [0, 0.05) is 28.9 Å². The molecule has 5 N–H and O–H groups in total. The number of phenols is 1. The molecule has 0 radical (unpaired) electrons. The quantitative estimate of drug-likeness (QED) is 0.0472. The summed E-state index contributed by atoms with van der Waals surface area (Å²) in [7, 11) is -11.9. The third-order valence-electron chi connectivity index (χ3n) is 10.1. The standard InChI is InChI=1S/C45H39N9O12S3/c1-25-6-8-29(9-7-25)46-30-10-14-34-28(20-30)21-43(69(62,63)64)44(45(34)55)54-53-39-24-40(65-4)38(23-41(39)66-5)52-48-32-11-15-35(26(2)18-32)49-47-31-12-16-36(27(3)19-31)50-51-37-17-13-33(67(56,57)58)22-42(37)68(59,60)61/h6-24,46,55H,1-5H3,(H,56,57,58)(H,59,60,61)(H,62,63,64). The maximum atomic E-state index is 12.6. The molecule has 0 unspecified atom stereocenters. The van der Waals surface area contributed by atoms with E-state index in [0.29, 0.717) is 51.0 Å². The van der Waals surface area contributed by atoms with Crippen LogP contribution in [0.1, 0.15) is 16.7 Å². The predicted octanol–water partition coefficient (Wildman–Crippen LogP) is 12.6. The van der Waals surface area contributed by atoms with Crippen molar-refractivity contribution in [2.45, 2.75) is 35.5 Å². The number of aromatic hydroxyl groups is 1. The molecule has 24 heteroatoms. The summed E-state index contributed by atoms with van der Waals surface area (Å²) in [4.78, 5) is -2.30. The van der Waals surface area contributed by atoms with Crippen molar-refractivity contribution in [3.8, 4) is 17.2 Å². The highest BCUT2D eigenvalue weighted by Gasteiger charge is 2.24. The van der Waals surface area contributed by atoms with Gasteiger partial charge in [-0.25, -0.2) is 0 Å². The number of rotatable bonds is 15. The Bertz CT molecular complexity index is 3640. The largest absolute Gasteiger partial charge is 0.505 e. The van der Waals surface area contributed by atoms with E-state index in [1.165, 1.54) is 38.5 Å². The number of ether oxygens (including phenoxy) is 2. The van der Waals surface area contributed by atoms with E-state index < -0.39 is 56.5 Å². The first-order chi connectivity index (χ1) is 32.6. The summed E-state index contributed by atoms with van der Waals surface area (Å²) in [6, 6.07) is 28.9. The molecule has 7 aromatic carbocycles. The molecule has 0 saturated carbocycles. The first kappa shape index (κ1) is 49.0. The van der Waals surface area contributed by atoms with Crippen LogP contribution in [-0.4, -0.2) is 58.2 Å². The normalized spacial score (nSPS) is 12.5. The Balaban J connectivity index is 1.08. The van der Waals surface area contributed by atoms with Crippen molar-refractivity contribution in [1.29, 1.82) is 0 Å². The summed E-state index contributed by atoms with van der Waals surface area (Å²) >= 11 is 0. The van der Waals surface area contributed by atoms with Gasteiger partial charge in [0.15, 0.2) is 5.75 Å². The molecule has 354 valence electrons. The maximum Gasteiger partial charge on any atom is 0.296 e. The van der Waals surface area contributed by atoms with Gasteiger partial charge >= 0.3 is 0 Å². The molecule has 0 amide bonds. The van der Waals surface area contributed by atoms with E-state index in [4.69, 9.17) is 9.47 Å². The number of azo groups is 4. The molecule has 7 aromatic rings. The van der Waals surface area contributed by atoms with Gasteiger partial charge in [0.2, 0.25) is 0 Å². The topological polar surface area (TPSA) is 313 Å². The Morgan fingerprint density at radius 3 is 1.48 bits per heavy atom. The van der Waals surface area contributed by atoms with Crippen molar-refractivity contribution in [3.05, 3.63) is 132 Å². The molecule has 0 aliphatic heterocycles. The van der Waals surface area contributed by atoms with Crippen molar-refractivity contribution < 1.29 is 53.5 Å². The first-order valence-corrected chi connectivity index (χ1v) is 24.3. The SMILES string of the molecule is COc1cc(N=Nc2c(S(=O)(=O)O)cc3cc(Nc4ccc(C)cc4)ccc3c2O)c(OC)cc1N=Nc1ccc(N=Nc2ccc(N=Nc3ccc(S(=O)(=O)O)cc3S(=O)(=O)O)c(C)c2)c(C)c1. The van der Waals surface area contributed by atoms with Crippen molar-refractivity contribution in [1.82, 2.24) is 0 Å². The highest BCUT2D eigenvalue weighted by Crippen LogP contribution is 2.45. The molecule has 7 rings (SSSR count). The fourth-order valence-electron chi connectivity index (χ4n) is 6.56. The third-order valence-corrected chi connectivity index (χ3v) is 12.7. The molecule has 69 heavy (non-hydrogen) atoms. The number of nitrogens with zero attached hydrogens (tertiary/aromatic N) is 8. The highest BCUT2D eigenvalue weighted by atomic mass is 32.2. The molecule has 0 saturated heterocycles. The zero-order valence-electron chi connectivity index (χ0n) is 36.8. The molecule has 0 fully saturated rings. The lowest BCUT2D eigenvalue weighted by Crippen LogP contribution is -2.03. The lowest BCUT2D eigenvalue weighted by molar-refractivity contribution is 0.405. The van der Waals surface area contributed by atoms with E-state index in [-0.39, 0.29) is 33.9 Å². The number of hydrogen-bond donors (Lipinski definition) is 5. The molecule has 0 aromatic heterocycles. The fourth-order valence-corrected chi connectivity index (χ4v) is 8.44. The van der Waals surface area contributed by atoms with Crippen LogP contribution in [0.4, 0.5) is 56.9 Å². The van der Waals surface area contributed by atoms with E-state index in [1.54, 1.807) is 62.4 Å². The molecule has 0 atom stereocenters. The number of nitrogens with one attached hydrogen (secondary N) is 1. The smallest absolute Gasteiger partial charge is 0.296 e. The van der Waals surface area contributed by atoms with Crippen LogP contribution < -0.4 is 14.8 Å². The Morgan fingerprint density at radius 1 is 0.464 bits per heavy atom. The van der Waals surface area contributed by atoms with Crippen LogP contribution in [0.3, 0.4) is 0 Å². The van der Waals surface area contributed by atoms with Gasteiger partial charge in [-0.05, 0) is 128 Å². The minimum Gasteiger partial charge on any atom is -0.505 e. The fraction of sp³-hybridized carbons (Fsp3) is 0.111. The van der Waals surface area contributed by atoms with Crippen LogP contribution in [0.2, 0.25) is 0 Å². The Hall–Kier alpha value is -7.87. The molecule has 0 spiro atoms. The lowest BCUT2D eigenvalue weighted by atomic mass is 10.1. The highest BCUT2D eigenvalue weighted by molar-refractivity contribution is 7.87. The summed E-state index contributed by atoms with van der Waals surface area (Å²) in [5.41, 5.74) is 4.80. The predicted molar refractivity (Wildman–Crippen MR) is 255 cm³/mol. The van der Waals surface area contributed by atoms with Crippen molar-refractivity contribution in [3.63, 3.8) is 0 Å². The molecule has 0 bridgehead atoms. The molecule has 0 heterocycles. The second kappa shape index (κ2) is 19.8. The Morgan fingerprint density at radius 2 is 0.957 bits per heavy atom. The number of hydrogen-bond acceptors (Lipinski definition) is 18.